The molecule has 0 saturated heterocycles. The summed E-state index contributed by atoms with van der Waals surface area (Å²) < 4.78 is 16.4. The maximum absolute atomic E-state index is 13.2. The number of rotatable bonds is 7. The number of nitrogens with zero attached hydrogens (tertiary/aromatic N) is 2. The summed E-state index contributed by atoms with van der Waals surface area (Å²) in [5, 5.41) is 12.5. The van der Waals surface area contributed by atoms with Crippen molar-refractivity contribution in [2.75, 3.05) is 6.61 Å². The van der Waals surface area contributed by atoms with Crippen molar-refractivity contribution in [3.8, 4) is 11.8 Å². The third-order valence-corrected chi connectivity index (χ3v) is 5.20. The summed E-state index contributed by atoms with van der Waals surface area (Å²) in [5.74, 6) is -0.667. The Hall–Kier alpha value is -4.09. The van der Waals surface area contributed by atoms with E-state index in [-0.39, 0.29) is 18.9 Å². The van der Waals surface area contributed by atoms with Crippen LogP contribution in [0.5, 0.6) is 5.75 Å². The third-order valence-electron chi connectivity index (χ3n) is 4.96. The lowest BCUT2D eigenvalue weighted by Gasteiger charge is -2.31. The van der Waals surface area contributed by atoms with Gasteiger partial charge in [0.15, 0.2) is 0 Å². The molecule has 166 valence electrons. The zero-order valence-corrected chi connectivity index (χ0v) is 18.0. The Labute approximate surface area is 194 Å². The SMILES string of the molecule is N#Cc1cccc(C2NC(=O)N=C(COc3cccc(Cl)c3)C2C(=O)OCc2ccco2)c1. The van der Waals surface area contributed by atoms with Gasteiger partial charge in [-0.2, -0.15) is 10.3 Å². The summed E-state index contributed by atoms with van der Waals surface area (Å²) in [5.41, 5.74) is 1.15. The van der Waals surface area contributed by atoms with Crippen LogP contribution in [-0.2, 0) is 16.1 Å². The van der Waals surface area contributed by atoms with E-state index in [0.29, 0.717) is 27.7 Å². The normalized spacial score (nSPS) is 17.5. The fourth-order valence-corrected chi connectivity index (χ4v) is 3.63. The van der Waals surface area contributed by atoms with Gasteiger partial charge < -0.3 is 19.2 Å². The first kappa shape index (κ1) is 22.1. The van der Waals surface area contributed by atoms with E-state index in [1.807, 2.05) is 0 Å². The number of benzene rings is 2. The molecule has 33 heavy (non-hydrogen) atoms. The van der Waals surface area contributed by atoms with Crippen LogP contribution in [0.3, 0.4) is 0 Å². The first-order valence-electron chi connectivity index (χ1n) is 9.99. The second kappa shape index (κ2) is 10.0. The van der Waals surface area contributed by atoms with Gasteiger partial charge in [-0.05, 0) is 48.0 Å². The second-order valence-electron chi connectivity index (χ2n) is 7.18. The molecule has 1 aliphatic heterocycles. The van der Waals surface area contributed by atoms with Gasteiger partial charge in [0, 0.05) is 5.02 Å². The molecule has 2 heterocycles. The van der Waals surface area contributed by atoms with Crippen LogP contribution in [-0.4, -0.2) is 24.3 Å². The Morgan fingerprint density at radius 1 is 1.15 bits per heavy atom. The highest BCUT2D eigenvalue weighted by Crippen LogP contribution is 2.30. The van der Waals surface area contributed by atoms with Crippen molar-refractivity contribution in [2.45, 2.75) is 12.6 Å². The van der Waals surface area contributed by atoms with E-state index in [9.17, 15) is 14.9 Å². The van der Waals surface area contributed by atoms with Crippen molar-refractivity contribution in [2.24, 2.45) is 10.9 Å². The lowest BCUT2D eigenvalue weighted by atomic mass is 9.87. The third kappa shape index (κ3) is 5.40. The highest BCUT2D eigenvalue weighted by atomic mass is 35.5. The molecule has 0 bridgehead atoms. The highest BCUT2D eigenvalue weighted by Gasteiger charge is 2.40. The van der Waals surface area contributed by atoms with Crippen molar-refractivity contribution in [1.29, 1.82) is 5.26 Å². The Kier molecular flexibility index (Phi) is 6.72. The zero-order chi connectivity index (χ0) is 23.2. The molecule has 2 aromatic carbocycles. The lowest BCUT2D eigenvalue weighted by molar-refractivity contribution is -0.149. The average Bonchev–Trinajstić information content (AvgIpc) is 3.34. The van der Waals surface area contributed by atoms with Crippen LogP contribution < -0.4 is 10.1 Å². The Morgan fingerprint density at radius 2 is 2.00 bits per heavy atom. The predicted octanol–water partition coefficient (Wildman–Crippen LogP) is 4.45. The van der Waals surface area contributed by atoms with E-state index in [1.54, 1.807) is 60.7 Å². The molecule has 2 unspecified atom stereocenters. The number of carbonyl (C=O) groups excluding carboxylic acids is 2. The maximum Gasteiger partial charge on any atom is 0.341 e. The number of ether oxygens (including phenoxy) is 2. The van der Waals surface area contributed by atoms with Crippen LogP contribution in [0.1, 0.15) is 22.9 Å². The molecule has 4 rings (SSSR count). The number of furan rings is 1. The largest absolute Gasteiger partial charge is 0.488 e. The molecule has 0 saturated carbocycles. The molecule has 1 aliphatic rings. The monoisotopic (exact) mass is 463 g/mol. The molecule has 9 heteroatoms. The van der Waals surface area contributed by atoms with E-state index < -0.39 is 24.0 Å². The molecule has 2 amide bonds. The molecule has 0 spiro atoms. The van der Waals surface area contributed by atoms with E-state index in [0.717, 1.165) is 0 Å². The van der Waals surface area contributed by atoms with Gasteiger partial charge in [-0.1, -0.05) is 29.8 Å². The Balaban J connectivity index is 1.63. The Morgan fingerprint density at radius 3 is 2.76 bits per heavy atom. The van der Waals surface area contributed by atoms with E-state index >= 15 is 0 Å². The van der Waals surface area contributed by atoms with E-state index in [4.69, 9.17) is 25.5 Å². The number of esters is 1. The van der Waals surface area contributed by atoms with E-state index in [2.05, 4.69) is 16.4 Å². The van der Waals surface area contributed by atoms with E-state index in [1.165, 1.54) is 6.26 Å². The number of halogens is 1. The molecular weight excluding hydrogens is 446 g/mol. The summed E-state index contributed by atoms with van der Waals surface area (Å²) >= 11 is 6.01. The molecule has 0 fully saturated rings. The quantitative estimate of drug-likeness (QED) is 0.518. The minimum Gasteiger partial charge on any atom is -0.488 e. The number of urea groups is 1. The summed E-state index contributed by atoms with van der Waals surface area (Å²) in [4.78, 5) is 29.6. The number of carbonyl (C=O) groups is 2. The van der Waals surface area contributed by atoms with Gasteiger partial charge in [-0.25, -0.2) is 4.79 Å². The zero-order valence-electron chi connectivity index (χ0n) is 17.2. The van der Waals surface area contributed by atoms with Gasteiger partial charge in [0.1, 0.15) is 30.6 Å². The van der Waals surface area contributed by atoms with Crippen LogP contribution in [0.2, 0.25) is 5.02 Å². The smallest absolute Gasteiger partial charge is 0.341 e. The fourth-order valence-electron chi connectivity index (χ4n) is 3.45. The van der Waals surface area contributed by atoms with Crippen LogP contribution in [0.15, 0.2) is 76.3 Å². The van der Waals surface area contributed by atoms with Crippen molar-refractivity contribution in [3.63, 3.8) is 0 Å². The minimum absolute atomic E-state index is 0.0797. The Bertz CT molecular complexity index is 1230. The number of hydrogen-bond donors (Lipinski definition) is 1. The lowest BCUT2D eigenvalue weighted by Crippen LogP contribution is -2.46. The van der Waals surface area contributed by atoms with Crippen LogP contribution >= 0.6 is 11.6 Å². The molecule has 1 N–H and O–H groups in total. The van der Waals surface area contributed by atoms with Gasteiger partial charge >= 0.3 is 12.0 Å². The van der Waals surface area contributed by atoms with Crippen molar-refractivity contribution < 1.29 is 23.5 Å². The second-order valence-corrected chi connectivity index (χ2v) is 7.61. The number of amides is 2. The standard InChI is InChI=1S/C24H18ClN3O5/c25-17-6-2-7-18(11-17)32-14-20-21(23(29)33-13-19-8-3-9-31-19)22(28-24(30)27-20)16-5-1-4-15(10-16)12-26/h1-11,21-22H,13-14H2,(H,28,30). The van der Waals surface area contributed by atoms with Crippen molar-refractivity contribution in [3.05, 3.63) is 88.8 Å². The number of hydrogen-bond acceptors (Lipinski definition) is 6. The average molecular weight is 464 g/mol. The topological polar surface area (TPSA) is 114 Å². The van der Waals surface area contributed by atoms with Crippen LogP contribution in [0.4, 0.5) is 4.79 Å². The fraction of sp³-hybridized carbons (Fsp3) is 0.167. The number of nitriles is 1. The van der Waals surface area contributed by atoms with Crippen LogP contribution in [0, 0.1) is 17.2 Å². The summed E-state index contributed by atoms with van der Waals surface area (Å²) in [6.45, 7) is -0.216. The van der Waals surface area contributed by atoms with Crippen molar-refractivity contribution in [1.82, 2.24) is 5.32 Å². The molecule has 8 nitrogen and oxygen atoms in total. The van der Waals surface area contributed by atoms with Gasteiger partial charge in [-0.15, -0.1) is 0 Å². The number of nitrogens with one attached hydrogen (secondary N) is 1. The minimum atomic E-state index is -0.981. The molecule has 0 aliphatic carbocycles. The summed E-state index contributed by atoms with van der Waals surface area (Å²) in [7, 11) is 0. The maximum atomic E-state index is 13.2. The van der Waals surface area contributed by atoms with Gasteiger partial charge in [0.05, 0.1) is 29.6 Å². The van der Waals surface area contributed by atoms with Crippen molar-refractivity contribution >= 4 is 29.3 Å². The molecule has 3 aromatic rings. The highest BCUT2D eigenvalue weighted by molar-refractivity contribution is 6.30. The summed E-state index contributed by atoms with van der Waals surface area (Å²) in [6.07, 6.45) is 1.48. The summed E-state index contributed by atoms with van der Waals surface area (Å²) in [6, 6.07) is 17.4. The van der Waals surface area contributed by atoms with Gasteiger partial charge in [-0.3, -0.25) is 4.79 Å². The first-order chi connectivity index (χ1) is 16.0. The number of aliphatic imine (C=N–C) groups is 1. The molecule has 1 aromatic heterocycles. The molecular formula is C24H18ClN3O5. The molecule has 0 radical (unpaired) electrons. The van der Waals surface area contributed by atoms with Crippen LogP contribution in [0.25, 0.3) is 0 Å². The predicted molar refractivity (Wildman–Crippen MR) is 119 cm³/mol. The molecule has 2 atom stereocenters. The van der Waals surface area contributed by atoms with Gasteiger partial charge in [0.25, 0.3) is 0 Å². The van der Waals surface area contributed by atoms with Gasteiger partial charge in [0.2, 0.25) is 0 Å². The first-order valence-corrected chi connectivity index (χ1v) is 10.4.